The molecule has 24 heavy (non-hydrogen) atoms. The second-order valence-corrected chi connectivity index (χ2v) is 5.46. The summed E-state index contributed by atoms with van der Waals surface area (Å²) in [4.78, 5) is 35.2. The summed E-state index contributed by atoms with van der Waals surface area (Å²) in [5.74, 6) is -0.881. The Kier molecular flexibility index (Phi) is 3.86. The summed E-state index contributed by atoms with van der Waals surface area (Å²) in [6.45, 7) is 0. The topological polar surface area (TPSA) is 99.8 Å². The molecule has 0 radical (unpaired) electrons. The number of amides is 3. The Balaban J connectivity index is 1.95. The van der Waals surface area contributed by atoms with Gasteiger partial charge in [-0.15, -0.1) is 0 Å². The quantitative estimate of drug-likeness (QED) is 0.657. The molecule has 2 N–H and O–H groups in total. The van der Waals surface area contributed by atoms with Gasteiger partial charge < -0.3 is 14.8 Å². The minimum atomic E-state index is -1.08. The van der Waals surface area contributed by atoms with Crippen LogP contribution in [-0.2, 0) is 4.79 Å². The molecule has 1 aliphatic heterocycles. The van der Waals surface area contributed by atoms with E-state index in [0.717, 1.165) is 4.90 Å². The SMILES string of the molecule is CN1C(=O)NC(=Cc2ccc(-c3cc(C(=O)O)ccc3Cl)o2)C1=O. The average molecular weight is 347 g/mol. The lowest BCUT2D eigenvalue weighted by Crippen LogP contribution is -2.25. The number of nitrogens with one attached hydrogen (secondary N) is 1. The lowest BCUT2D eigenvalue weighted by molar-refractivity contribution is -0.121. The van der Waals surface area contributed by atoms with Crippen LogP contribution in [0.15, 0.2) is 40.4 Å². The molecule has 8 heteroatoms. The van der Waals surface area contributed by atoms with Gasteiger partial charge in [0.2, 0.25) is 0 Å². The Morgan fingerprint density at radius 1 is 1.29 bits per heavy atom. The second kappa shape index (κ2) is 5.86. The number of halogens is 1. The lowest BCUT2D eigenvalue weighted by Gasteiger charge is -2.02. The van der Waals surface area contributed by atoms with Gasteiger partial charge in [0.1, 0.15) is 17.2 Å². The van der Waals surface area contributed by atoms with Crippen molar-refractivity contribution < 1.29 is 23.9 Å². The Hall–Kier alpha value is -3.06. The number of carbonyl (C=O) groups is 3. The number of rotatable bonds is 3. The molecule has 0 saturated carbocycles. The number of benzene rings is 1. The number of nitrogens with zero attached hydrogens (tertiary/aromatic N) is 1. The molecular formula is C16H11ClN2O5. The highest BCUT2D eigenvalue weighted by atomic mass is 35.5. The van der Waals surface area contributed by atoms with Crippen molar-refractivity contribution in [3.05, 3.63) is 52.4 Å². The van der Waals surface area contributed by atoms with Gasteiger partial charge in [0.05, 0.1) is 10.6 Å². The maximum atomic E-state index is 11.8. The Morgan fingerprint density at radius 3 is 2.67 bits per heavy atom. The van der Waals surface area contributed by atoms with Gasteiger partial charge in [-0.1, -0.05) is 11.6 Å². The van der Waals surface area contributed by atoms with E-state index < -0.39 is 17.9 Å². The molecule has 0 atom stereocenters. The zero-order valence-electron chi connectivity index (χ0n) is 12.4. The number of hydrogen-bond acceptors (Lipinski definition) is 4. The van der Waals surface area contributed by atoms with Crippen LogP contribution in [-0.4, -0.2) is 35.0 Å². The first-order chi connectivity index (χ1) is 11.4. The molecule has 2 heterocycles. The minimum absolute atomic E-state index is 0.0746. The van der Waals surface area contributed by atoms with Gasteiger partial charge in [-0.3, -0.25) is 9.69 Å². The normalized spacial score (nSPS) is 15.9. The Labute approximate surface area is 141 Å². The maximum Gasteiger partial charge on any atom is 0.335 e. The number of imide groups is 1. The lowest BCUT2D eigenvalue weighted by atomic mass is 10.1. The van der Waals surface area contributed by atoms with E-state index in [1.54, 1.807) is 12.1 Å². The molecule has 1 fully saturated rings. The molecule has 3 amide bonds. The average Bonchev–Trinajstić information content (AvgIpc) is 3.09. The third-order valence-corrected chi connectivity index (χ3v) is 3.80. The highest BCUT2D eigenvalue weighted by molar-refractivity contribution is 6.33. The van der Waals surface area contributed by atoms with Crippen molar-refractivity contribution in [1.82, 2.24) is 10.2 Å². The van der Waals surface area contributed by atoms with Crippen molar-refractivity contribution in [2.45, 2.75) is 0 Å². The van der Waals surface area contributed by atoms with E-state index >= 15 is 0 Å². The third-order valence-electron chi connectivity index (χ3n) is 3.47. The Bertz CT molecular complexity index is 900. The number of urea groups is 1. The summed E-state index contributed by atoms with van der Waals surface area (Å²) in [5, 5.41) is 11.8. The van der Waals surface area contributed by atoms with Gasteiger partial charge in [-0.2, -0.15) is 0 Å². The predicted molar refractivity (Wildman–Crippen MR) is 85.4 cm³/mol. The number of aromatic carboxylic acids is 1. The fourth-order valence-electron chi connectivity index (χ4n) is 2.19. The highest BCUT2D eigenvalue weighted by Crippen LogP contribution is 2.31. The smallest absolute Gasteiger partial charge is 0.335 e. The largest absolute Gasteiger partial charge is 0.478 e. The van der Waals surface area contributed by atoms with Crippen LogP contribution in [0.4, 0.5) is 4.79 Å². The molecule has 1 aliphatic rings. The van der Waals surface area contributed by atoms with Crippen LogP contribution in [0.5, 0.6) is 0 Å². The van der Waals surface area contributed by atoms with Crippen LogP contribution >= 0.6 is 11.6 Å². The summed E-state index contributed by atoms with van der Waals surface area (Å²) < 4.78 is 5.59. The first kappa shape index (κ1) is 15.8. The van der Waals surface area contributed by atoms with Crippen LogP contribution in [0.25, 0.3) is 17.4 Å². The van der Waals surface area contributed by atoms with Crippen molar-refractivity contribution >= 4 is 35.6 Å². The van der Waals surface area contributed by atoms with Crippen LogP contribution in [0.1, 0.15) is 16.1 Å². The number of carboxylic acid groups (broad SMARTS) is 1. The van der Waals surface area contributed by atoms with Crippen LogP contribution in [0, 0.1) is 0 Å². The van der Waals surface area contributed by atoms with Gasteiger partial charge in [0.15, 0.2) is 0 Å². The zero-order chi connectivity index (χ0) is 17.4. The number of carboxylic acids is 1. The van der Waals surface area contributed by atoms with E-state index in [-0.39, 0.29) is 11.3 Å². The number of hydrogen-bond donors (Lipinski definition) is 2. The molecule has 0 spiro atoms. The molecule has 3 rings (SSSR count). The van der Waals surface area contributed by atoms with Crippen molar-refractivity contribution in [3.8, 4) is 11.3 Å². The molecule has 2 aromatic rings. The maximum absolute atomic E-state index is 11.8. The van der Waals surface area contributed by atoms with Crippen molar-refractivity contribution in [3.63, 3.8) is 0 Å². The molecule has 1 aromatic carbocycles. The summed E-state index contributed by atoms with van der Waals surface area (Å²) in [7, 11) is 1.36. The molecule has 1 saturated heterocycles. The van der Waals surface area contributed by atoms with Gasteiger partial charge >= 0.3 is 12.0 Å². The van der Waals surface area contributed by atoms with Crippen molar-refractivity contribution in [2.75, 3.05) is 7.05 Å². The van der Waals surface area contributed by atoms with Crippen molar-refractivity contribution in [1.29, 1.82) is 0 Å². The summed E-state index contributed by atoms with van der Waals surface area (Å²) in [6.07, 6.45) is 1.39. The van der Waals surface area contributed by atoms with E-state index in [1.165, 1.54) is 31.3 Å². The van der Waals surface area contributed by atoms with Crippen LogP contribution < -0.4 is 5.32 Å². The van der Waals surface area contributed by atoms with Crippen LogP contribution in [0.3, 0.4) is 0 Å². The molecule has 7 nitrogen and oxygen atoms in total. The van der Waals surface area contributed by atoms with E-state index in [0.29, 0.717) is 22.1 Å². The van der Waals surface area contributed by atoms with Gasteiger partial charge in [0.25, 0.3) is 5.91 Å². The second-order valence-electron chi connectivity index (χ2n) is 5.05. The highest BCUT2D eigenvalue weighted by Gasteiger charge is 2.30. The van der Waals surface area contributed by atoms with Crippen molar-refractivity contribution in [2.24, 2.45) is 0 Å². The summed E-state index contributed by atoms with van der Waals surface area (Å²) in [6, 6.07) is 6.93. The molecule has 0 bridgehead atoms. The van der Waals surface area contributed by atoms with E-state index in [4.69, 9.17) is 21.1 Å². The first-order valence-electron chi connectivity index (χ1n) is 6.80. The first-order valence-corrected chi connectivity index (χ1v) is 7.18. The predicted octanol–water partition coefficient (Wildman–Crippen LogP) is 2.82. The number of likely N-dealkylation sites (N-methyl/N-ethyl adjacent to an activating group) is 1. The van der Waals surface area contributed by atoms with Crippen LogP contribution in [0.2, 0.25) is 5.02 Å². The summed E-state index contributed by atoms with van der Waals surface area (Å²) in [5.41, 5.74) is 0.583. The number of carbonyl (C=O) groups excluding carboxylic acids is 2. The standard InChI is InChI=1S/C16H11ClN2O5/c1-19-14(20)12(18-16(19)23)7-9-3-5-13(24-9)10-6-8(15(21)22)2-4-11(10)17/h2-7H,1H3,(H,18,23)(H,21,22). The molecule has 1 aromatic heterocycles. The van der Waals surface area contributed by atoms with Gasteiger partial charge in [-0.25, -0.2) is 9.59 Å². The van der Waals surface area contributed by atoms with Gasteiger partial charge in [-0.05, 0) is 30.3 Å². The number of furan rings is 1. The Morgan fingerprint density at radius 2 is 2.04 bits per heavy atom. The fourth-order valence-corrected chi connectivity index (χ4v) is 2.40. The molecular weight excluding hydrogens is 336 g/mol. The molecule has 0 aliphatic carbocycles. The summed E-state index contributed by atoms with van der Waals surface area (Å²) >= 11 is 6.09. The molecule has 122 valence electrons. The third kappa shape index (κ3) is 2.77. The van der Waals surface area contributed by atoms with E-state index in [2.05, 4.69) is 5.32 Å². The molecule has 0 unspecified atom stereocenters. The van der Waals surface area contributed by atoms with E-state index in [1.807, 2.05) is 0 Å². The fraction of sp³-hybridized carbons (Fsp3) is 0.0625. The zero-order valence-corrected chi connectivity index (χ0v) is 13.1. The van der Waals surface area contributed by atoms with E-state index in [9.17, 15) is 14.4 Å². The minimum Gasteiger partial charge on any atom is -0.478 e. The van der Waals surface area contributed by atoms with Gasteiger partial charge in [0, 0.05) is 18.7 Å². The monoisotopic (exact) mass is 346 g/mol.